The quantitative estimate of drug-likeness (QED) is 0.444. The molecule has 0 amide bonds. The van der Waals surface area contributed by atoms with Crippen molar-refractivity contribution in [2.24, 2.45) is 0 Å². The van der Waals surface area contributed by atoms with E-state index in [9.17, 15) is 9.59 Å². The van der Waals surface area contributed by atoms with E-state index in [0.29, 0.717) is 28.4 Å². The Labute approximate surface area is 183 Å². The van der Waals surface area contributed by atoms with E-state index in [2.05, 4.69) is 15.1 Å². The molecular weight excluding hydrogens is 404 g/mol. The molecule has 2 N–H and O–H groups in total. The van der Waals surface area contributed by atoms with E-state index < -0.39 is 0 Å². The molecule has 0 radical (unpaired) electrons. The zero-order valence-electron chi connectivity index (χ0n) is 17.6. The van der Waals surface area contributed by atoms with Crippen LogP contribution in [0.3, 0.4) is 0 Å². The molecule has 0 saturated heterocycles. The van der Waals surface area contributed by atoms with Gasteiger partial charge in [-0.25, -0.2) is 14.6 Å². The van der Waals surface area contributed by atoms with Crippen molar-refractivity contribution >= 4 is 33.9 Å². The van der Waals surface area contributed by atoms with Crippen LogP contribution >= 0.6 is 0 Å². The maximum absolute atomic E-state index is 13.7. The van der Waals surface area contributed by atoms with Gasteiger partial charge in [-0.2, -0.15) is 5.10 Å². The molecule has 0 atom stereocenters. The fraction of sp³-hybridized carbons (Fsp3) is 0.125. The van der Waals surface area contributed by atoms with Crippen molar-refractivity contribution in [3.63, 3.8) is 0 Å². The average molecular weight is 424 g/mol. The first-order chi connectivity index (χ1) is 15.5. The fourth-order valence-corrected chi connectivity index (χ4v) is 4.19. The predicted molar refractivity (Wildman–Crippen MR) is 123 cm³/mol. The molecule has 0 saturated carbocycles. The molecule has 158 valence electrons. The zero-order chi connectivity index (χ0) is 22.4. The van der Waals surface area contributed by atoms with Gasteiger partial charge in [0, 0.05) is 5.69 Å². The van der Waals surface area contributed by atoms with Gasteiger partial charge in [0.25, 0.3) is 5.56 Å². The second-order valence-electron chi connectivity index (χ2n) is 7.72. The van der Waals surface area contributed by atoms with Crippen molar-refractivity contribution in [2.75, 3.05) is 5.73 Å². The number of nitrogen functional groups attached to an aromatic ring is 1. The van der Waals surface area contributed by atoms with Crippen LogP contribution in [0.1, 0.15) is 27.3 Å². The van der Waals surface area contributed by atoms with Gasteiger partial charge in [-0.15, -0.1) is 0 Å². The Bertz CT molecular complexity index is 1580. The molecule has 0 bridgehead atoms. The fourth-order valence-electron chi connectivity index (χ4n) is 4.19. The van der Waals surface area contributed by atoms with E-state index in [4.69, 9.17) is 5.73 Å². The summed E-state index contributed by atoms with van der Waals surface area (Å²) >= 11 is 0. The van der Waals surface area contributed by atoms with Crippen molar-refractivity contribution < 1.29 is 4.79 Å². The number of carbonyl (C=O) groups is 1. The summed E-state index contributed by atoms with van der Waals surface area (Å²) in [6, 6.07) is 15.5. The van der Waals surface area contributed by atoms with Crippen molar-refractivity contribution in [1.82, 2.24) is 24.3 Å². The monoisotopic (exact) mass is 424 g/mol. The number of hydrogen-bond donors (Lipinski definition) is 1. The van der Waals surface area contributed by atoms with Crippen LogP contribution in [-0.2, 0) is 6.54 Å². The van der Waals surface area contributed by atoms with Gasteiger partial charge in [0.2, 0.25) is 0 Å². The minimum Gasteiger partial charge on any atom is -0.383 e. The largest absolute Gasteiger partial charge is 0.383 e. The maximum Gasteiger partial charge on any atom is 0.263 e. The van der Waals surface area contributed by atoms with Gasteiger partial charge in [-0.3, -0.25) is 14.2 Å². The maximum atomic E-state index is 13.7. The van der Waals surface area contributed by atoms with Crippen LogP contribution in [0.5, 0.6) is 0 Å². The Hall–Kier alpha value is -4.33. The predicted octanol–water partition coefficient (Wildman–Crippen LogP) is 3.19. The lowest BCUT2D eigenvalue weighted by molar-refractivity contribution is 0.111. The molecule has 5 rings (SSSR count). The van der Waals surface area contributed by atoms with Crippen LogP contribution in [0.15, 0.2) is 59.7 Å². The standard InChI is InChI=1S/C24H20N6O2/c1-14-6-3-4-9-19(14)30-17(10-16-8-5-7-15(2)20(16)24(30)32)11-29-23-21(18(12-31)28-29)22(25)26-13-27-23/h3-10,12-13H,11H2,1-2H3,(H2,25,26,27). The number of nitrogens with two attached hydrogens (primary N) is 1. The van der Waals surface area contributed by atoms with Crippen LogP contribution in [0, 0.1) is 13.8 Å². The van der Waals surface area contributed by atoms with Gasteiger partial charge in [0.05, 0.1) is 23.0 Å². The first-order valence-corrected chi connectivity index (χ1v) is 10.1. The Morgan fingerprint density at radius 3 is 2.56 bits per heavy atom. The molecule has 0 spiro atoms. The molecule has 0 aliphatic heterocycles. The third-order valence-corrected chi connectivity index (χ3v) is 5.70. The van der Waals surface area contributed by atoms with Crippen molar-refractivity contribution in [2.45, 2.75) is 20.4 Å². The molecule has 8 nitrogen and oxygen atoms in total. The molecule has 0 fully saturated rings. The Morgan fingerprint density at radius 2 is 1.78 bits per heavy atom. The smallest absolute Gasteiger partial charge is 0.263 e. The number of anilines is 1. The molecule has 8 heteroatoms. The highest BCUT2D eigenvalue weighted by atomic mass is 16.1. The molecule has 5 aromatic rings. The van der Waals surface area contributed by atoms with E-state index in [1.54, 1.807) is 9.25 Å². The summed E-state index contributed by atoms with van der Waals surface area (Å²) in [7, 11) is 0. The van der Waals surface area contributed by atoms with Gasteiger partial charge in [-0.05, 0) is 42.5 Å². The van der Waals surface area contributed by atoms with E-state index in [-0.39, 0.29) is 23.6 Å². The molecular formula is C24H20N6O2. The zero-order valence-corrected chi connectivity index (χ0v) is 17.6. The van der Waals surface area contributed by atoms with Gasteiger partial charge < -0.3 is 5.73 Å². The number of para-hydroxylation sites is 1. The summed E-state index contributed by atoms with van der Waals surface area (Å²) < 4.78 is 3.30. The molecule has 3 aromatic heterocycles. The number of carbonyl (C=O) groups excluding carboxylic acids is 1. The highest BCUT2D eigenvalue weighted by molar-refractivity contribution is 5.99. The first kappa shape index (κ1) is 19.6. The van der Waals surface area contributed by atoms with Gasteiger partial charge in [0.15, 0.2) is 11.9 Å². The minimum atomic E-state index is -0.105. The number of aldehydes is 1. The molecule has 0 aliphatic rings. The van der Waals surface area contributed by atoms with Crippen LogP contribution in [0.25, 0.3) is 27.5 Å². The van der Waals surface area contributed by atoms with E-state index >= 15 is 0 Å². The number of aryl methyl sites for hydroxylation is 2. The number of fused-ring (bicyclic) bond motifs is 2. The van der Waals surface area contributed by atoms with Gasteiger partial charge in [0.1, 0.15) is 17.8 Å². The number of pyridine rings is 1. The van der Waals surface area contributed by atoms with Crippen LogP contribution in [-0.4, -0.2) is 30.6 Å². The summed E-state index contributed by atoms with van der Waals surface area (Å²) in [5.74, 6) is 0.189. The summed E-state index contributed by atoms with van der Waals surface area (Å²) in [5.41, 5.74) is 9.85. The molecule has 3 heterocycles. The Balaban J connectivity index is 1.82. The number of benzene rings is 2. The van der Waals surface area contributed by atoms with Gasteiger partial charge in [-0.1, -0.05) is 36.4 Å². The second-order valence-corrected chi connectivity index (χ2v) is 7.72. The number of nitrogens with zero attached hydrogens (tertiary/aromatic N) is 5. The van der Waals surface area contributed by atoms with E-state index in [1.807, 2.05) is 62.4 Å². The normalized spacial score (nSPS) is 11.3. The lowest BCUT2D eigenvalue weighted by Gasteiger charge is -2.17. The second kappa shape index (κ2) is 7.42. The summed E-state index contributed by atoms with van der Waals surface area (Å²) in [4.78, 5) is 33.6. The third kappa shape index (κ3) is 2.96. The lowest BCUT2D eigenvalue weighted by atomic mass is 10.1. The Kier molecular flexibility index (Phi) is 4.55. The SMILES string of the molecule is Cc1ccccc1-n1c(Cn2nc(C=O)c3c(N)ncnc32)cc2cccc(C)c2c1=O. The molecule has 2 aromatic carbocycles. The highest BCUT2D eigenvalue weighted by Crippen LogP contribution is 2.24. The molecule has 0 aliphatic carbocycles. The highest BCUT2D eigenvalue weighted by Gasteiger charge is 2.19. The number of hydrogen-bond acceptors (Lipinski definition) is 6. The lowest BCUT2D eigenvalue weighted by Crippen LogP contribution is -2.25. The molecule has 32 heavy (non-hydrogen) atoms. The first-order valence-electron chi connectivity index (χ1n) is 10.1. The van der Waals surface area contributed by atoms with Crippen molar-refractivity contribution in [3.05, 3.63) is 87.7 Å². The van der Waals surface area contributed by atoms with Gasteiger partial charge >= 0.3 is 0 Å². The van der Waals surface area contributed by atoms with E-state index in [1.165, 1.54) is 6.33 Å². The van der Waals surface area contributed by atoms with Crippen molar-refractivity contribution in [3.8, 4) is 5.69 Å². The van der Waals surface area contributed by atoms with Crippen LogP contribution in [0.4, 0.5) is 5.82 Å². The molecule has 0 unspecified atom stereocenters. The average Bonchev–Trinajstić information content (AvgIpc) is 3.14. The number of rotatable bonds is 4. The third-order valence-electron chi connectivity index (χ3n) is 5.70. The van der Waals surface area contributed by atoms with Crippen LogP contribution in [0.2, 0.25) is 0 Å². The summed E-state index contributed by atoms with van der Waals surface area (Å²) in [6.45, 7) is 4.12. The van der Waals surface area contributed by atoms with Crippen molar-refractivity contribution in [1.29, 1.82) is 0 Å². The number of aromatic nitrogens is 5. The van der Waals surface area contributed by atoms with Crippen LogP contribution < -0.4 is 11.3 Å². The summed E-state index contributed by atoms with van der Waals surface area (Å²) in [6.07, 6.45) is 1.97. The Morgan fingerprint density at radius 1 is 1.00 bits per heavy atom. The van der Waals surface area contributed by atoms with E-state index in [0.717, 1.165) is 22.2 Å². The summed E-state index contributed by atoms with van der Waals surface area (Å²) in [5, 5.41) is 6.32. The topological polar surface area (TPSA) is 109 Å². The minimum absolute atomic E-state index is 0.105.